The topological polar surface area (TPSA) is 41.1 Å². The van der Waals surface area contributed by atoms with Crippen molar-refractivity contribution in [2.75, 3.05) is 5.32 Å². The second-order valence-electron chi connectivity index (χ2n) is 8.52. The van der Waals surface area contributed by atoms with Crippen molar-refractivity contribution in [2.45, 2.75) is 64.0 Å². The van der Waals surface area contributed by atoms with Crippen LogP contribution in [0.25, 0.3) is 5.57 Å². The van der Waals surface area contributed by atoms with Crippen LogP contribution in [0.15, 0.2) is 55.1 Å². The van der Waals surface area contributed by atoms with Crippen LogP contribution in [0.3, 0.4) is 0 Å². The predicted octanol–water partition coefficient (Wildman–Crippen LogP) is 6.35. The van der Waals surface area contributed by atoms with Crippen LogP contribution < -0.4 is 10.6 Å². The average molecular weight is 389 g/mol. The Labute approximate surface area is 174 Å². The summed E-state index contributed by atoms with van der Waals surface area (Å²) in [6.07, 6.45) is 8.07. The smallest absolute Gasteiger partial charge is 0.251 e. The van der Waals surface area contributed by atoms with Crippen LogP contribution in [-0.2, 0) is 0 Å². The van der Waals surface area contributed by atoms with Crippen LogP contribution in [0.1, 0.15) is 79.4 Å². The number of anilines is 1. The molecule has 2 aromatic carbocycles. The van der Waals surface area contributed by atoms with E-state index in [1.165, 1.54) is 31.2 Å². The van der Waals surface area contributed by atoms with Gasteiger partial charge in [-0.25, -0.2) is 0 Å². The summed E-state index contributed by atoms with van der Waals surface area (Å²) in [6.45, 7) is 6.73. The molecule has 0 aromatic heterocycles. The second kappa shape index (κ2) is 8.86. The largest absolute Gasteiger partial charge is 0.377 e. The van der Waals surface area contributed by atoms with Gasteiger partial charge in [0, 0.05) is 28.8 Å². The first kappa shape index (κ1) is 19.8. The zero-order chi connectivity index (χ0) is 20.2. The number of amides is 1. The normalized spacial score (nSPS) is 21.5. The lowest BCUT2D eigenvalue weighted by molar-refractivity contribution is 0.0938. The van der Waals surface area contributed by atoms with Gasteiger partial charge in [-0.15, -0.1) is 0 Å². The summed E-state index contributed by atoms with van der Waals surface area (Å²) in [5.74, 6) is 0.376. The molecule has 3 nitrogen and oxygen atoms in total. The van der Waals surface area contributed by atoms with Crippen molar-refractivity contribution in [3.8, 4) is 0 Å². The molecule has 1 heterocycles. The highest BCUT2D eigenvalue weighted by atomic mass is 16.1. The first-order valence-electron chi connectivity index (χ1n) is 11.1. The Morgan fingerprint density at radius 2 is 1.90 bits per heavy atom. The van der Waals surface area contributed by atoms with E-state index in [0.29, 0.717) is 12.0 Å². The quantitative estimate of drug-likeness (QED) is 0.606. The molecule has 0 radical (unpaired) electrons. The summed E-state index contributed by atoms with van der Waals surface area (Å²) in [5.41, 5.74) is 5.36. The highest BCUT2D eigenvalue weighted by Gasteiger charge is 2.32. The minimum absolute atomic E-state index is 0.0443. The molecule has 0 spiro atoms. The van der Waals surface area contributed by atoms with Crippen LogP contribution in [-0.4, -0.2) is 11.9 Å². The fraction of sp³-hybridized carbons (Fsp3) is 0.423. The highest BCUT2D eigenvalue weighted by molar-refractivity contribution is 5.97. The molecular weight excluding hydrogens is 356 g/mol. The minimum Gasteiger partial charge on any atom is -0.377 e. The van der Waals surface area contributed by atoms with Crippen LogP contribution >= 0.6 is 0 Å². The Kier molecular flexibility index (Phi) is 6.03. The van der Waals surface area contributed by atoms with E-state index in [1.807, 2.05) is 12.1 Å². The maximum atomic E-state index is 12.8. The highest BCUT2D eigenvalue weighted by Crippen LogP contribution is 2.45. The molecule has 1 aliphatic heterocycles. The summed E-state index contributed by atoms with van der Waals surface area (Å²) >= 11 is 0. The third-order valence-electron chi connectivity index (χ3n) is 6.51. The van der Waals surface area contributed by atoms with Crippen molar-refractivity contribution >= 4 is 17.2 Å². The van der Waals surface area contributed by atoms with E-state index in [0.717, 1.165) is 41.6 Å². The monoisotopic (exact) mass is 388 g/mol. The summed E-state index contributed by atoms with van der Waals surface area (Å²) < 4.78 is 0. The van der Waals surface area contributed by atoms with Gasteiger partial charge in [0.05, 0.1) is 6.04 Å². The Morgan fingerprint density at radius 3 is 2.62 bits per heavy atom. The van der Waals surface area contributed by atoms with Crippen molar-refractivity contribution < 1.29 is 4.79 Å². The molecule has 0 bridgehead atoms. The van der Waals surface area contributed by atoms with Gasteiger partial charge in [-0.1, -0.05) is 69.5 Å². The molecule has 4 rings (SSSR count). The molecule has 2 N–H and O–H groups in total. The van der Waals surface area contributed by atoms with Gasteiger partial charge in [-0.3, -0.25) is 4.79 Å². The summed E-state index contributed by atoms with van der Waals surface area (Å²) in [7, 11) is 0. The van der Waals surface area contributed by atoms with Crippen LogP contribution in [0.4, 0.5) is 5.69 Å². The maximum absolute atomic E-state index is 12.8. The Bertz CT molecular complexity index is 868. The number of carbonyl (C=O) groups is 1. The Morgan fingerprint density at radius 1 is 1.14 bits per heavy atom. The van der Waals surface area contributed by atoms with Gasteiger partial charge in [0.15, 0.2) is 0 Å². The van der Waals surface area contributed by atoms with Gasteiger partial charge in [-0.2, -0.15) is 0 Å². The summed E-state index contributed by atoms with van der Waals surface area (Å²) in [6, 6.07) is 17.2. The van der Waals surface area contributed by atoms with Crippen LogP contribution in [0, 0.1) is 5.92 Å². The van der Waals surface area contributed by atoms with Crippen molar-refractivity contribution in [2.24, 2.45) is 5.92 Å². The van der Waals surface area contributed by atoms with Gasteiger partial charge in [0.25, 0.3) is 5.91 Å². The van der Waals surface area contributed by atoms with E-state index in [9.17, 15) is 4.79 Å². The maximum Gasteiger partial charge on any atom is 0.251 e. The van der Waals surface area contributed by atoms with Crippen LogP contribution in [0.5, 0.6) is 0 Å². The fourth-order valence-electron chi connectivity index (χ4n) is 4.83. The van der Waals surface area contributed by atoms with Crippen molar-refractivity contribution in [1.82, 2.24) is 5.32 Å². The van der Waals surface area contributed by atoms with Gasteiger partial charge in [-0.05, 0) is 48.6 Å². The molecule has 152 valence electrons. The van der Waals surface area contributed by atoms with E-state index in [1.54, 1.807) is 0 Å². The molecular formula is C26H32N2O. The van der Waals surface area contributed by atoms with Gasteiger partial charge < -0.3 is 10.6 Å². The van der Waals surface area contributed by atoms with Gasteiger partial charge >= 0.3 is 0 Å². The number of unbranched alkanes of at least 4 members (excludes halogenated alkanes) is 1. The lowest BCUT2D eigenvalue weighted by atomic mass is 9.77. The standard InChI is InChI=1S/C26H32N2O/c1-3-4-14-22-18(2)23-17-20(26(29)27-21-12-8-9-13-21)15-16-24(23)28-25(22)19-10-6-5-7-11-19/h5-7,10-11,15-17,21-22,25,28H,2-4,8-9,12-14H2,1H3,(H,27,29). The van der Waals surface area contributed by atoms with Crippen LogP contribution in [0.2, 0.25) is 0 Å². The van der Waals surface area contributed by atoms with E-state index in [2.05, 4.69) is 60.5 Å². The predicted molar refractivity (Wildman–Crippen MR) is 121 cm³/mol. The average Bonchev–Trinajstić information content (AvgIpc) is 3.26. The Balaban J connectivity index is 1.61. The third-order valence-corrected chi connectivity index (χ3v) is 6.51. The molecule has 29 heavy (non-hydrogen) atoms. The molecule has 3 heteroatoms. The zero-order valence-corrected chi connectivity index (χ0v) is 17.4. The van der Waals surface area contributed by atoms with E-state index in [4.69, 9.17) is 0 Å². The molecule has 2 atom stereocenters. The Hall–Kier alpha value is -2.55. The van der Waals surface area contributed by atoms with E-state index >= 15 is 0 Å². The second-order valence-corrected chi connectivity index (χ2v) is 8.52. The molecule has 2 unspecified atom stereocenters. The lowest BCUT2D eigenvalue weighted by Crippen LogP contribution is -2.33. The van der Waals surface area contributed by atoms with Crippen molar-refractivity contribution in [1.29, 1.82) is 0 Å². The fourth-order valence-corrected chi connectivity index (χ4v) is 4.83. The molecule has 2 aromatic rings. The molecule has 1 aliphatic carbocycles. The number of hydrogen-bond acceptors (Lipinski definition) is 2. The molecule has 1 fully saturated rings. The van der Waals surface area contributed by atoms with E-state index in [-0.39, 0.29) is 11.9 Å². The number of rotatable bonds is 6. The van der Waals surface area contributed by atoms with Gasteiger partial charge in [0.2, 0.25) is 0 Å². The third kappa shape index (κ3) is 4.24. The SMILES string of the molecule is C=C1c2cc(C(=O)NC3CCCC3)ccc2NC(c2ccccc2)C1CCCC. The zero-order valence-electron chi connectivity index (χ0n) is 17.4. The first-order valence-corrected chi connectivity index (χ1v) is 11.1. The number of carbonyl (C=O) groups excluding carboxylic acids is 1. The molecule has 1 saturated carbocycles. The summed E-state index contributed by atoms with van der Waals surface area (Å²) in [4.78, 5) is 12.8. The summed E-state index contributed by atoms with van der Waals surface area (Å²) in [5, 5.41) is 6.96. The molecule has 2 aliphatic rings. The lowest BCUT2D eigenvalue weighted by Gasteiger charge is -2.37. The number of hydrogen-bond donors (Lipinski definition) is 2. The van der Waals surface area contributed by atoms with Crippen molar-refractivity contribution in [3.05, 3.63) is 71.8 Å². The molecule has 1 amide bonds. The first-order chi connectivity index (χ1) is 14.2. The minimum atomic E-state index is 0.0443. The van der Waals surface area contributed by atoms with Gasteiger partial charge in [0.1, 0.15) is 0 Å². The van der Waals surface area contributed by atoms with Crippen molar-refractivity contribution in [3.63, 3.8) is 0 Å². The van der Waals surface area contributed by atoms with E-state index < -0.39 is 0 Å². The number of fused-ring (bicyclic) bond motifs is 1. The number of benzene rings is 2. The number of nitrogens with one attached hydrogen (secondary N) is 2. The molecule has 0 saturated heterocycles.